The number of anilines is 1. The Morgan fingerprint density at radius 2 is 2.10 bits per heavy atom. The summed E-state index contributed by atoms with van der Waals surface area (Å²) in [6, 6.07) is 5.48. The van der Waals surface area contributed by atoms with E-state index >= 15 is 0 Å². The normalized spacial score (nSPS) is 11.4. The number of rotatable bonds is 7. The third-order valence-electron chi connectivity index (χ3n) is 2.71. The minimum atomic E-state index is -2.28. The molecular formula is C13H17N2O3SY-3. The van der Waals surface area contributed by atoms with Crippen LogP contribution in [0.2, 0.25) is 0 Å². The van der Waals surface area contributed by atoms with Gasteiger partial charge in [-0.1, -0.05) is 37.2 Å². The zero-order valence-electron chi connectivity index (χ0n) is 11.8. The van der Waals surface area contributed by atoms with E-state index in [4.69, 9.17) is 0 Å². The van der Waals surface area contributed by atoms with E-state index in [1.807, 2.05) is 39.3 Å². The first-order valence-electron chi connectivity index (χ1n) is 5.91. The van der Waals surface area contributed by atoms with Crippen LogP contribution in [0.15, 0.2) is 18.2 Å². The van der Waals surface area contributed by atoms with Gasteiger partial charge in [0, 0.05) is 50.5 Å². The van der Waals surface area contributed by atoms with Gasteiger partial charge in [-0.3, -0.25) is 4.21 Å². The second-order valence-electron chi connectivity index (χ2n) is 4.24. The summed E-state index contributed by atoms with van der Waals surface area (Å²) in [7, 11) is 0. The van der Waals surface area contributed by atoms with Crippen molar-refractivity contribution in [1.82, 2.24) is 4.72 Å². The standard InChI is InChI=1S/C13H18N2O3S.Y/c1-4-15(9-16)13-6-5-11(8-14-19(17)18)7-12(13)10(2)3;/h5-7,14H,4,8H2,1-3H3,(H,17,18);/q-2;/p-1. The Morgan fingerprint density at radius 3 is 2.55 bits per heavy atom. The van der Waals surface area contributed by atoms with Crippen LogP contribution in [0.25, 0.3) is 0 Å². The van der Waals surface area contributed by atoms with Crippen molar-refractivity contribution in [3.63, 3.8) is 0 Å². The summed E-state index contributed by atoms with van der Waals surface area (Å²) >= 11 is -2.28. The zero-order valence-corrected chi connectivity index (χ0v) is 15.5. The SMILES string of the molecule is CCN([C-]=O)c1ccc(CNS(=O)[O-])cc1[C-](C)C.[Y]. The van der Waals surface area contributed by atoms with Crippen molar-refractivity contribution in [2.24, 2.45) is 0 Å². The van der Waals surface area contributed by atoms with E-state index in [1.54, 1.807) is 6.07 Å². The Bertz CT molecular complexity index is 469. The fourth-order valence-electron chi connectivity index (χ4n) is 1.76. The summed E-state index contributed by atoms with van der Waals surface area (Å²) < 4.78 is 23.3. The summed E-state index contributed by atoms with van der Waals surface area (Å²) in [6.45, 7) is 6.52. The molecule has 1 N–H and O–H groups in total. The number of hydrogen-bond donors (Lipinski definition) is 1. The molecule has 0 fully saturated rings. The topological polar surface area (TPSA) is 72.5 Å². The molecule has 5 nitrogen and oxygen atoms in total. The maximum absolute atomic E-state index is 10.9. The molecule has 0 aliphatic carbocycles. The molecule has 0 heterocycles. The Kier molecular flexibility index (Phi) is 9.50. The average Bonchev–Trinajstić information content (AvgIpc) is 2.38. The molecule has 7 heteroatoms. The minimum Gasteiger partial charge on any atom is -0.760 e. The van der Waals surface area contributed by atoms with Crippen LogP contribution in [-0.4, -0.2) is 21.7 Å². The number of hydrogen-bond acceptors (Lipinski definition) is 3. The molecule has 1 amide bonds. The van der Waals surface area contributed by atoms with E-state index in [2.05, 4.69) is 4.72 Å². The first kappa shape index (κ1) is 19.7. The van der Waals surface area contributed by atoms with Crippen molar-refractivity contribution in [3.8, 4) is 0 Å². The van der Waals surface area contributed by atoms with Gasteiger partial charge in [0.15, 0.2) is 0 Å². The molecule has 0 aromatic heterocycles. The molecule has 0 saturated carbocycles. The molecule has 1 rings (SSSR count). The Hall–Kier alpha value is -0.266. The molecule has 0 aliphatic rings. The maximum Gasteiger partial charge on any atom is 0.0774 e. The smallest absolute Gasteiger partial charge is 0.0774 e. The summed E-state index contributed by atoms with van der Waals surface area (Å²) in [5.41, 5.74) is 2.54. The van der Waals surface area contributed by atoms with E-state index in [-0.39, 0.29) is 39.3 Å². The van der Waals surface area contributed by atoms with Crippen molar-refractivity contribution in [2.75, 3.05) is 11.4 Å². The second-order valence-corrected chi connectivity index (χ2v) is 5.00. The monoisotopic (exact) mass is 370 g/mol. The van der Waals surface area contributed by atoms with Crippen LogP contribution in [0.5, 0.6) is 0 Å². The summed E-state index contributed by atoms with van der Waals surface area (Å²) in [6.07, 6.45) is 1.89. The Labute approximate surface area is 147 Å². The average molecular weight is 370 g/mol. The predicted octanol–water partition coefficient (Wildman–Crippen LogP) is 1.42. The third kappa shape index (κ3) is 5.62. The number of nitrogens with one attached hydrogen (secondary N) is 1. The van der Waals surface area contributed by atoms with E-state index < -0.39 is 11.3 Å². The van der Waals surface area contributed by atoms with E-state index in [9.17, 15) is 13.6 Å². The number of carbonyl (C=O) groups excluding carboxylic acids is 1. The van der Waals surface area contributed by atoms with Crippen LogP contribution in [0, 0.1) is 5.92 Å². The third-order valence-corrected chi connectivity index (χ3v) is 3.09. The van der Waals surface area contributed by atoms with Gasteiger partial charge in [0.25, 0.3) is 0 Å². The molecule has 1 aromatic rings. The van der Waals surface area contributed by atoms with Gasteiger partial charge in [0.05, 0.1) is 6.41 Å². The molecule has 1 aromatic carbocycles. The van der Waals surface area contributed by atoms with Gasteiger partial charge >= 0.3 is 0 Å². The Balaban J connectivity index is 0.00000361. The molecule has 1 radical (unpaired) electrons. The molecule has 109 valence electrons. The molecule has 0 bridgehead atoms. The molecule has 20 heavy (non-hydrogen) atoms. The number of nitrogens with zero attached hydrogens (tertiary/aromatic N) is 1. The van der Waals surface area contributed by atoms with Crippen LogP contribution < -0.4 is 9.62 Å². The van der Waals surface area contributed by atoms with Crippen LogP contribution >= 0.6 is 0 Å². The number of amides is 1. The van der Waals surface area contributed by atoms with Crippen molar-refractivity contribution in [3.05, 3.63) is 35.2 Å². The van der Waals surface area contributed by atoms with Crippen LogP contribution in [0.3, 0.4) is 0 Å². The van der Waals surface area contributed by atoms with E-state index in [1.165, 1.54) is 4.90 Å². The van der Waals surface area contributed by atoms with Gasteiger partial charge in [0.2, 0.25) is 0 Å². The van der Waals surface area contributed by atoms with Gasteiger partial charge in [-0.15, -0.1) is 0 Å². The van der Waals surface area contributed by atoms with Gasteiger partial charge < -0.3 is 14.2 Å². The summed E-state index contributed by atoms with van der Waals surface area (Å²) in [4.78, 5) is 12.4. The zero-order chi connectivity index (χ0) is 14.4. The van der Waals surface area contributed by atoms with Crippen LogP contribution in [0.1, 0.15) is 31.9 Å². The van der Waals surface area contributed by atoms with Crippen LogP contribution in [0.4, 0.5) is 5.69 Å². The molecule has 0 aliphatic heterocycles. The van der Waals surface area contributed by atoms with Crippen molar-refractivity contribution in [1.29, 1.82) is 0 Å². The number of benzene rings is 1. The van der Waals surface area contributed by atoms with Gasteiger partial charge in [-0.2, -0.15) is 17.5 Å². The fourth-order valence-corrected chi connectivity index (χ4v) is 2.04. The molecule has 1 atom stereocenters. The van der Waals surface area contributed by atoms with Crippen molar-refractivity contribution in [2.45, 2.75) is 27.3 Å². The largest absolute Gasteiger partial charge is 0.760 e. The second kappa shape index (κ2) is 9.63. The minimum absolute atomic E-state index is 0. The first-order valence-corrected chi connectivity index (χ1v) is 6.98. The van der Waals surface area contributed by atoms with Crippen LogP contribution in [-0.2, 0) is 55.3 Å². The fraction of sp³-hybridized carbons (Fsp3) is 0.385. The summed E-state index contributed by atoms with van der Waals surface area (Å²) in [5.74, 6) is 1.05. The van der Waals surface area contributed by atoms with Crippen molar-refractivity contribution >= 4 is 23.4 Å². The van der Waals surface area contributed by atoms with E-state index in [0.717, 1.165) is 22.7 Å². The van der Waals surface area contributed by atoms with E-state index in [0.29, 0.717) is 6.54 Å². The summed E-state index contributed by atoms with van der Waals surface area (Å²) in [5, 5.41) is 0. The first-order chi connectivity index (χ1) is 8.99. The van der Waals surface area contributed by atoms with Gasteiger partial charge in [0.1, 0.15) is 0 Å². The molecular weight excluding hydrogens is 353 g/mol. The Morgan fingerprint density at radius 1 is 1.45 bits per heavy atom. The molecule has 0 saturated heterocycles. The van der Waals surface area contributed by atoms with Crippen molar-refractivity contribution < 1.29 is 46.3 Å². The predicted molar refractivity (Wildman–Crippen MR) is 74.6 cm³/mol. The molecule has 1 unspecified atom stereocenters. The van der Waals surface area contributed by atoms with Gasteiger partial charge in [-0.25, -0.2) is 4.72 Å². The molecule has 0 spiro atoms. The van der Waals surface area contributed by atoms with Gasteiger partial charge in [-0.05, 0) is 13.5 Å². The quantitative estimate of drug-likeness (QED) is 0.448. The maximum atomic E-state index is 10.9.